The average Bonchev–Trinajstić information content (AvgIpc) is 3.14. The molecule has 1 fully saturated rings. The van der Waals surface area contributed by atoms with E-state index in [9.17, 15) is 4.79 Å². The SMILES string of the molecule is CC(CNC(C(=O)O)C1CC1)c1ccccc1. The molecule has 1 aliphatic carbocycles. The van der Waals surface area contributed by atoms with E-state index in [1.807, 2.05) is 18.2 Å². The van der Waals surface area contributed by atoms with Crippen LogP contribution in [0, 0.1) is 5.92 Å². The quantitative estimate of drug-likeness (QED) is 0.792. The zero-order valence-electron chi connectivity index (χ0n) is 10.1. The Morgan fingerprint density at radius 3 is 2.59 bits per heavy atom. The van der Waals surface area contributed by atoms with Crippen LogP contribution in [0.2, 0.25) is 0 Å². The molecule has 0 heterocycles. The Morgan fingerprint density at radius 2 is 2.06 bits per heavy atom. The lowest BCUT2D eigenvalue weighted by molar-refractivity contribution is -0.140. The summed E-state index contributed by atoms with van der Waals surface area (Å²) >= 11 is 0. The molecule has 0 radical (unpaired) electrons. The lowest BCUT2D eigenvalue weighted by Crippen LogP contribution is -2.40. The first-order valence-electron chi connectivity index (χ1n) is 6.19. The van der Waals surface area contributed by atoms with Crippen LogP contribution in [0.4, 0.5) is 0 Å². The van der Waals surface area contributed by atoms with Crippen LogP contribution in [-0.2, 0) is 4.79 Å². The Labute approximate surface area is 102 Å². The molecule has 0 bridgehead atoms. The van der Waals surface area contributed by atoms with Gasteiger partial charge in [0.15, 0.2) is 0 Å². The molecule has 0 aliphatic heterocycles. The van der Waals surface area contributed by atoms with E-state index in [0.29, 0.717) is 11.8 Å². The van der Waals surface area contributed by atoms with E-state index in [0.717, 1.165) is 19.4 Å². The number of hydrogen-bond acceptors (Lipinski definition) is 2. The van der Waals surface area contributed by atoms with Gasteiger partial charge < -0.3 is 10.4 Å². The number of carboxylic acid groups (broad SMARTS) is 1. The third-order valence-corrected chi connectivity index (χ3v) is 3.37. The van der Waals surface area contributed by atoms with Gasteiger partial charge in [-0.15, -0.1) is 0 Å². The third-order valence-electron chi connectivity index (χ3n) is 3.37. The van der Waals surface area contributed by atoms with Gasteiger partial charge in [-0.25, -0.2) is 0 Å². The predicted molar refractivity (Wildman–Crippen MR) is 67.0 cm³/mol. The molecule has 1 aromatic rings. The fourth-order valence-electron chi connectivity index (χ4n) is 2.09. The van der Waals surface area contributed by atoms with Gasteiger partial charge in [-0.1, -0.05) is 37.3 Å². The summed E-state index contributed by atoms with van der Waals surface area (Å²) in [4.78, 5) is 11.1. The van der Waals surface area contributed by atoms with Crippen molar-refractivity contribution in [3.8, 4) is 0 Å². The lowest BCUT2D eigenvalue weighted by atomic mass is 10.0. The van der Waals surface area contributed by atoms with E-state index >= 15 is 0 Å². The Kier molecular flexibility index (Phi) is 3.79. The van der Waals surface area contributed by atoms with E-state index in [1.165, 1.54) is 5.56 Å². The largest absolute Gasteiger partial charge is 0.480 e. The number of rotatable bonds is 6. The van der Waals surface area contributed by atoms with Gasteiger partial charge in [0.25, 0.3) is 0 Å². The topological polar surface area (TPSA) is 49.3 Å². The minimum Gasteiger partial charge on any atom is -0.480 e. The first-order valence-corrected chi connectivity index (χ1v) is 6.19. The number of benzene rings is 1. The van der Waals surface area contributed by atoms with Crippen molar-refractivity contribution in [1.29, 1.82) is 0 Å². The molecular formula is C14H19NO2. The fraction of sp³-hybridized carbons (Fsp3) is 0.500. The first-order chi connectivity index (χ1) is 8.18. The van der Waals surface area contributed by atoms with E-state index < -0.39 is 5.97 Å². The molecule has 1 aliphatic rings. The van der Waals surface area contributed by atoms with Gasteiger partial charge in [-0.3, -0.25) is 4.79 Å². The van der Waals surface area contributed by atoms with Crippen LogP contribution in [0.3, 0.4) is 0 Å². The number of carboxylic acids is 1. The minimum atomic E-state index is -0.715. The highest BCUT2D eigenvalue weighted by atomic mass is 16.4. The summed E-state index contributed by atoms with van der Waals surface area (Å²) in [5.41, 5.74) is 1.25. The maximum absolute atomic E-state index is 11.1. The van der Waals surface area contributed by atoms with Crippen LogP contribution in [0.15, 0.2) is 30.3 Å². The molecule has 2 rings (SSSR count). The number of hydrogen-bond donors (Lipinski definition) is 2. The van der Waals surface area contributed by atoms with E-state index in [2.05, 4.69) is 24.4 Å². The predicted octanol–water partition coefficient (Wildman–Crippen LogP) is 2.24. The highest BCUT2D eigenvalue weighted by Gasteiger charge is 2.35. The molecule has 3 heteroatoms. The van der Waals surface area contributed by atoms with Crippen molar-refractivity contribution in [3.05, 3.63) is 35.9 Å². The molecule has 0 aromatic heterocycles. The molecule has 0 spiro atoms. The Hall–Kier alpha value is -1.35. The molecule has 0 amide bonds. The number of carbonyl (C=O) groups is 1. The highest BCUT2D eigenvalue weighted by molar-refractivity contribution is 5.74. The highest BCUT2D eigenvalue weighted by Crippen LogP contribution is 2.33. The Balaban J connectivity index is 1.86. The second-order valence-corrected chi connectivity index (χ2v) is 4.87. The molecule has 3 nitrogen and oxygen atoms in total. The second kappa shape index (κ2) is 5.32. The Bertz CT molecular complexity index is 373. The summed E-state index contributed by atoms with van der Waals surface area (Å²) in [7, 11) is 0. The van der Waals surface area contributed by atoms with E-state index in [4.69, 9.17) is 5.11 Å². The summed E-state index contributed by atoms with van der Waals surface area (Å²) in [6, 6.07) is 9.83. The Morgan fingerprint density at radius 1 is 1.41 bits per heavy atom. The number of nitrogens with one attached hydrogen (secondary N) is 1. The molecule has 2 unspecified atom stereocenters. The van der Waals surface area contributed by atoms with E-state index in [1.54, 1.807) is 0 Å². The van der Waals surface area contributed by atoms with Gasteiger partial charge in [0, 0.05) is 6.54 Å². The van der Waals surface area contributed by atoms with Gasteiger partial charge in [0.1, 0.15) is 6.04 Å². The van der Waals surface area contributed by atoms with Gasteiger partial charge >= 0.3 is 5.97 Å². The zero-order valence-corrected chi connectivity index (χ0v) is 10.1. The van der Waals surface area contributed by atoms with Crippen molar-refractivity contribution in [3.63, 3.8) is 0 Å². The average molecular weight is 233 g/mol. The van der Waals surface area contributed by atoms with Gasteiger partial charge in [-0.2, -0.15) is 0 Å². The summed E-state index contributed by atoms with van der Waals surface area (Å²) in [5, 5.41) is 12.3. The van der Waals surface area contributed by atoms with Crippen LogP contribution in [0.25, 0.3) is 0 Å². The van der Waals surface area contributed by atoms with Crippen LogP contribution in [-0.4, -0.2) is 23.7 Å². The van der Waals surface area contributed by atoms with Crippen LogP contribution in [0.1, 0.15) is 31.2 Å². The standard InChI is InChI=1S/C14H19NO2/c1-10(11-5-3-2-4-6-11)9-15-13(14(16)17)12-7-8-12/h2-6,10,12-13,15H,7-9H2,1H3,(H,16,17). The zero-order chi connectivity index (χ0) is 12.3. The second-order valence-electron chi connectivity index (χ2n) is 4.87. The summed E-state index contributed by atoms with van der Waals surface area (Å²) in [5.74, 6) is -0.0277. The van der Waals surface area contributed by atoms with Crippen LogP contribution < -0.4 is 5.32 Å². The van der Waals surface area contributed by atoms with Gasteiger partial charge in [-0.05, 0) is 30.2 Å². The summed E-state index contributed by atoms with van der Waals surface area (Å²) < 4.78 is 0. The van der Waals surface area contributed by atoms with Crippen molar-refractivity contribution in [2.75, 3.05) is 6.54 Å². The molecule has 0 saturated heterocycles. The van der Waals surface area contributed by atoms with Crippen molar-refractivity contribution in [2.24, 2.45) is 5.92 Å². The minimum absolute atomic E-state index is 0.343. The monoisotopic (exact) mass is 233 g/mol. The van der Waals surface area contributed by atoms with Crippen molar-refractivity contribution < 1.29 is 9.90 Å². The molecule has 92 valence electrons. The van der Waals surface area contributed by atoms with Crippen LogP contribution >= 0.6 is 0 Å². The molecular weight excluding hydrogens is 214 g/mol. The maximum Gasteiger partial charge on any atom is 0.320 e. The molecule has 1 aromatic carbocycles. The fourth-order valence-corrected chi connectivity index (χ4v) is 2.09. The first kappa shape index (κ1) is 12.1. The van der Waals surface area contributed by atoms with E-state index in [-0.39, 0.29) is 6.04 Å². The molecule has 2 atom stereocenters. The summed E-state index contributed by atoms with van der Waals surface area (Å²) in [6.45, 7) is 2.84. The van der Waals surface area contributed by atoms with Gasteiger partial charge in [0.2, 0.25) is 0 Å². The van der Waals surface area contributed by atoms with Crippen molar-refractivity contribution in [2.45, 2.75) is 31.7 Å². The number of aliphatic carboxylic acids is 1. The smallest absolute Gasteiger partial charge is 0.320 e. The molecule has 2 N–H and O–H groups in total. The van der Waals surface area contributed by atoms with Gasteiger partial charge in [0.05, 0.1) is 0 Å². The van der Waals surface area contributed by atoms with Crippen molar-refractivity contribution >= 4 is 5.97 Å². The maximum atomic E-state index is 11.1. The molecule has 17 heavy (non-hydrogen) atoms. The van der Waals surface area contributed by atoms with Crippen LogP contribution in [0.5, 0.6) is 0 Å². The van der Waals surface area contributed by atoms with Crippen molar-refractivity contribution in [1.82, 2.24) is 5.32 Å². The third kappa shape index (κ3) is 3.30. The lowest BCUT2D eigenvalue weighted by Gasteiger charge is -2.17. The summed E-state index contributed by atoms with van der Waals surface area (Å²) in [6.07, 6.45) is 2.09. The normalized spacial score (nSPS) is 18.6. The molecule has 1 saturated carbocycles.